The maximum atomic E-state index is 11.9. The number of carbonyl (C=O) groups excluding carboxylic acids is 1. The summed E-state index contributed by atoms with van der Waals surface area (Å²) in [5.74, 6) is -0.202. The van der Waals surface area contributed by atoms with Crippen molar-refractivity contribution in [3.8, 4) is 5.75 Å². The number of benzene rings is 1. The number of methoxy groups -OCH3 is 1. The van der Waals surface area contributed by atoms with Crippen molar-refractivity contribution in [2.75, 3.05) is 7.11 Å². The second-order valence-corrected chi connectivity index (χ2v) is 6.49. The summed E-state index contributed by atoms with van der Waals surface area (Å²) in [4.78, 5) is 11.2. The molecule has 100 valence electrons. The molecule has 0 radical (unpaired) electrons. The Morgan fingerprint density at radius 1 is 1.39 bits per heavy atom. The number of hydrogen-bond donors (Lipinski definition) is 1. The Balaban J connectivity index is 2.67. The predicted molar refractivity (Wildman–Crippen MR) is 69.9 cm³/mol. The molecule has 0 fully saturated rings. The van der Waals surface area contributed by atoms with Crippen molar-refractivity contribution < 1.29 is 18.6 Å². The van der Waals surface area contributed by atoms with Gasteiger partial charge in [-0.05, 0) is 26.0 Å². The highest BCUT2D eigenvalue weighted by Gasteiger charge is 2.27. The van der Waals surface area contributed by atoms with Gasteiger partial charge >= 0.3 is 12.8 Å². The molecule has 0 spiro atoms. The molecule has 5 nitrogen and oxygen atoms in total. The maximum Gasteiger partial charge on any atom is 0.409 e. The van der Waals surface area contributed by atoms with E-state index in [0.717, 1.165) is 5.56 Å². The zero-order chi connectivity index (χ0) is 13.8. The van der Waals surface area contributed by atoms with Gasteiger partial charge in [-0.3, -0.25) is 4.79 Å². The SMILES string of the molecule is COC(=O)C(C)NP(=O)(Cl)Oc1ccc(C)cc1. The van der Waals surface area contributed by atoms with E-state index in [1.807, 2.05) is 6.92 Å². The van der Waals surface area contributed by atoms with Gasteiger partial charge in [-0.2, -0.15) is 0 Å². The lowest BCUT2D eigenvalue weighted by molar-refractivity contribution is -0.142. The van der Waals surface area contributed by atoms with Crippen molar-refractivity contribution in [2.24, 2.45) is 0 Å². The van der Waals surface area contributed by atoms with Gasteiger partial charge < -0.3 is 9.26 Å². The molecule has 2 atom stereocenters. The lowest BCUT2D eigenvalue weighted by Gasteiger charge is -2.17. The highest BCUT2D eigenvalue weighted by molar-refractivity contribution is 7.84. The molecule has 0 saturated heterocycles. The average Bonchev–Trinajstić information content (AvgIpc) is 2.30. The van der Waals surface area contributed by atoms with Crippen LogP contribution in [0.25, 0.3) is 0 Å². The first-order valence-corrected chi connectivity index (χ1v) is 7.78. The zero-order valence-electron chi connectivity index (χ0n) is 10.3. The number of carbonyl (C=O) groups is 1. The van der Waals surface area contributed by atoms with Gasteiger partial charge in [-0.25, -0.2) is 9.65 Å². The normalized spacial score (nSPS) is 15.6. The molecule has 0 amide bonds. The van der Waals surface area contributed by atoms with Crippen molar-refractivity contribution in [2.45, 2.75) is 19.9 Å². The molecule has 1 N–H and O–H groups in total. The van der Waals surface area contributed by atoms with Gasteiger partial charge in [0.25, 0.3) is 0 Å². The second-order valence-electron chi connectivity index (χ2n) is 3.76. The van der Waals surface area contributed by atoms with Crippen LogP contribution in [-0.4, -0.2) is 19.1 Å². The van der Waals surface area contributed by atoms with Crippen LogP contribution in [-0.2, 0) is 14.1 Å². The molecule has 0 aliphatic carbocycles. The fourth-order valence-electron chi connectivity index (χ4n) is 1.22. The number of nitrogens with one attached hydrogen (secondary N) is 1. The Hall–Kier alpha value is -1.03. The Labute approximate surface area is 111 Å². The van der Waals surface area contributed by atoms with Crippen molar-refractivity contribution in [3.05, 3.63) is 29.8 Å². The van der Waals surface area contributed by atoms with Crippen LogP contribution in [0.3, 0.4) is 0 Å². The minimum absolute atomic E-state index is 0.364. The van der Waals surface area contributed by atoms with E-state index in [1.54, 1.807) is 24.3 Å². The lowest BCUT2D eigenvalue weighted by atomic mass is 10.2. The topological polar surface area (TPSA) is 64.6 Å². The van der Waals surface area contributed by atoms with E-state index < -0.39 is 18.9 Å². The van der Waals surface area contributed by atoms with Gasteiger partial charge in [-0.1, -0.05) is 17.7 Å². The highest BCUT2D eigenvalue weighted by atomic mass is 35.7. The highest BCUT2D eigenvalue weighted by Crippen LogP contribution is 2.48. The molecular formula is C11H15ClNO4P. The number of ether oxygens (including phenoxy) is 1. The summed E-state index contributed by atoms with van der Waals surface area (Å²) < 4.78 is 21.5. The number of hydrogen-bond acceptors (Lipinski definition) is 4. The van der Waals surface area contributed by atoms with Crippen molar-refractivity contribution in [3.63, 3.8) is 0 Å². The first-order valence-electron chi connectivity index (χ1n) is 5.25. The smallest absolute Gasteiger partial charge is 0.409 e. The van der Waals surface area contributed by atoms with E-state index in [9.17, 15) is 9.36 Å². The van der Waals surface area contributed by atoms with Crippen molar-refractivity contribution >= 4 is 24.1 Å². The van der Waals surface area contributed by atoms with Crippen LogP contribution in [0.1, 0.15) is 12.5 Å². The minimum Gasteiger partial charge on any atom is -0.468 e. The third-order valence-corrected chi connectivity index (χ3v) is 3.79. The van der Waals surface area contributed by atoms with Gasteiger partial charge in [-0.15, -0.1) is 0 Å². The van der Waals surface area contributed by atoms with E-state index in [1.165, 1.54) is 14.0 Å². The summed E-state index contributed by atoms with van der Waals surface area (Å²) in [7, 11) is 1.24. The summed E-state index contributed by atoms with van der Waals surface area (Å²) >= 11 is 5.72. The van der Waals surface area contributed by atoms with E-state index in [0.29, 0.717) is 5.75 Å². The molecule has 18 heavy (non-hydrogen) atoms. The Kier molecular flexibility index (Phi) is 5.20. The Morgan fingerprint density at radius 3 is 2.44 bits per heavy atom. The molecule has 1 aromatic carbocycles. The Morgan fingerprint density at radius 2 is 1.94 bits per heavy atom. The molecule has 7 heteroatoms. The average molecular weight is 292 g/mol. The predicted octanol–water partition coefficient (Wildman–Crippen LogP) is 2.87. The van der Waals surface area contributed by atoms with Crippen LogP contribution < -0.4 is 9.61 Å². The van der Waals surface area contributed by atoms with Crippen molar-refractivity contribution in [1.82, 2.24) is 5.09 Å². The lowest BCUT2D eigenvalue weighted by Crippen LogP contribution is -2.32. The van der Waals surface area contributed by atoms with Gasteiger partial charge in [0.05, 0.1) is 7.11 Å². The fourth-order valence-corrected chi connectivity index (χ4v) is 2.91. The first-order chi connectivity index (χ1) is 8.34. The third-order valence-electron chi connectivity index (χ3n) is 2.15. The Bertz CT molecular complexity index is 463. The summed E-state index contributed by atoms with van der Waals surface area (Å²) in [6.07, 6.45) is 0. The van der Waals surface area contributed by atoms with Gasteiger partial charge in [0.1, 0.15) is 11.8 Å². The van der Waals surface area contributed by atoms with Crippen LogP contribution in [0.5, 0.6) is 5.75 Å². The van der Waals surface area contributed by atoms with E-state index in [2.05, 4.69) is 9.82 Å². The van der Waals surface area contributed by atoms with E-state index >= 15 is 0 Å². The molecular weight excluding hydrogens is 277 g/mol. The standard InChI is InChI=1S/C11H15ClNO4P/c1-8-4-6-10(7-5-8)17-18(12,15)13-9(2)11(14)16-3/h4-7,9H,1-3H3,(H,13,15). The molecule has 0 saturated carbocycles. The molecule has 0 bridgehead atoms. The van der Waals surface area contributed by atoms with Crippen molar-refractivity contribution in [1.29, 1.82) is 0 Å². The van der Waals surface area contributed by atoms with E-state index in [4.69, 9.17) is 15.8 Å². The van der Waals surface area contributed by atoms with Gasteiger partial charge in [0, 0.05) is 11.2 Å². The van der Waals surface area contributed by atoms with Gasteiger partial charge in [0.2, 0.25) is 0 Å². The fraction of sp³-hybridized carbons (Fsp3) is 0.364. The van der Waals surface area contributed by atoms with E-state index in [-0.39, 0.29) is 0 Å². The third kappa shape index (κ3) is 4.69. The molecule has 2 unspecified atom stereocenters. The minimum atomic E-state index is -3.63. The summed E-state index contributed by atoms with van der Waals surface area (Å²) in [6, 6.07) is 6.08. The maximum absolute atomic E-state index is 11.9. The van der Waals surface area contributed by atoms with Gasteiger partial charge in [0.15, 0.2) is 0 Å². The molecule has 0 aliphatic heterocycles. The molecule has 1 aromatic rings. The quantitative estimate of drug-likeness (QED) is 0.667. The largest absolute Gasteiger partial charge is 0.468 e. The number of aryl methyl sites for hydroxylation is 1. The second kappa shape index (κ2) is 6.23. The number of halogens is 1. The monoisotopic (exact) mass is 291 g/mol. The molecule has 0 aliphatic rings. The number of rotatable bonds is 5. The van der Waals surface area contributed by atoms with Crippen LogP contribution in [0.15, 0.2) is 24.3 Å². The molecule has 1 rings (SSSR count). The summed E-state index contributed by atoms with van der Waals surface area (Å²) in [5, 5.41) is 2.39. The summed E-state index contributed by atoms with van der Waals surface area (Å²) in [6.45, 7) is -0.228. The zero-order valence-corrected chi connectivity index (χ0v) is 12.0. The van der Waals surface area contributed by atoms with Crippen LogP contribution >= 0.6 is 18.1 Å². The van der Waals surface area contributed by atoms with Crippen LogP contribution in [0, 0.1) is 6.92 Å². The van der Waals surface area contributed by atoms with Crippen LogP contribution in [0.4, 0.5) is 0 Å². The molecule has 0 heterocycles. The van der Waals surface area contributed by atoms with Crippen LogP contribution in [0.2, 0.25) is 0 Å². The molecule has 0 aromatic heterocycles. The first kappa shape index (κ1) is 15.0. The summed E-state index contributed by atoms with van der Waals surface area (Å²) in [5.41, 5.74) is 1.04. The number of esters is 1.